The number of para-hydroxylation sites is 1. The molecule has 0 fully saturated rings. The second-order valence-corrected chi connectivity index (χ2v) is 5.37. The van der Waals surface area contributed by atoms with Gasteiger partial charge in [-0.25, -0.2) is 13.2 Å². The summed E-state index contributed by atoms with van der Waals surface area (Å²) in [5.41, 5.74) is 6.62. The molecule has 1 aliphatic rings. The minimum atomic E-state index is -1.03. The summed E-state index contributed by atoms with van der Waals surface area (Å²) in [6, 6.07) is 9.04. The van der Waals surface area contributed by atoms with Crippen LogP contribution in [-0.2, 0) is 4.79 Å². The van der Waals surface area contributed by atoms with Gasteiger partial charge in [0.25, 0.3) is 0 Å². The predicted octanol–water partition coefficient (Wildman–Crippen LogP) is 2.59. The number of carbonyl (C=O) groups is 1. The fraction of sp³-hybridized carbons (Fsp3) is 0.118. The lowest BCUT2D eigenvalue weighted by atomic mass is 9.92. The number of anilines is 1. The van der Waals surface area contributed by atoms with E-state index >= 15 is 0 Å². The maximum absolute atomic E-state index is 13.7. The minimum Gasteiger partial charge on any atom is -0.375 e. The highest BCUT2D eigenvalue weighted by Gasteiger charge is 2.34. The van der Waals surface area contributed by atoms with Crippen LogP contribution in [0.4, 0.5) is 18.9 Å². The average Bonchev–Trinajstić information content (AvgIpc) is 2.94. The molecule has 0 saturated heterocycles. The number of amides is 1. The molecule has 3 rings (SSSR count). The molecule has 1 aliphatic heterocycles. The molecule has 4 nitrogen and oxygen atoms in total. The zero-order valence-electron chi connectivity index (χ0n) is 12.4. The van der Waals surface area contributed by atoms with Gasteiger partial charge in [0, 0.05) is 6.20 Å². The van der Waals surface area contributed by atoms with Crippen molar-refractivity contribution in [1.82, 2.24) is 5.32 Å². The number of benzene rings is 2. The van der Waals surface area contributed by atoms with Crippen molar-refractivity contribution >= 4 is 17.2 Å². The second-order valence-electron chi connectivity index (χ2n) is 5.37. The number of hydrogen-bond donors (Lipinski definition) is 3. The van der Waals surface area contributed by atoms with E-state index in [1.54, 1.807) is 6.07 Å². The molecule has 2 aromatic rings. The van der Waals surface area contributed by atoms with Gasteiger partial charge in [0.1, 0.15) is 5.82 Å². The molecule has 2 aromatic carbocycles. The number of hydrogen-bond acceptors (Lipinski definition) is 3. The van der Waals surface area contributed by atoms with Gasteiger partial charge in [-0.05, 0) is 35.4 Å². The molecule has 1 amide bonds. The van der Waals surface area contributed by atoms with E-state index in [0.29, 0.717) is 11.1 Å². The third-order valence-corrected chi connectivity index (χ3v) is 3.79. The summed E-state index contributed by atoms with van der Waals surface area (Å²) < 4.78 is 40.2. The van der Waals surface area contributed by atoms with Gasteiger partial charge in [0.05, 0.1) is 17.8 Å². The van der Waals surface area contributed by atoms with Crippen LogP contribution in [0.3, 0.4) is 0 Å². The summed E-state index contributed by atoms with van der Waals surface area (Å²) in [6.45, 7) is 0. The topological polar surface area (TPSA) is 67.1 Å². The molecular formula is C17H14F3N3O. The first-order valence-electron chi connectivity index (χ1n) is 7.20. The molecule has 7 heteroatoms. The first-order valence-corrected chi connectivity index (χ1v) is 7.20. The van der Waals surface area contributed by atoms with Crippen molar-refractivity contribution in [2.24, 2.45) is 11.7 Å². The Morgan fingerprint density at radius 1 is 1.04 bits per heavy atom. The molecule has 24 heavy (non-hydrogen) atoms. The predicted molar refractivity (Wildman–Crippen MR) is 84.0 cm³/mol. The van der Waals surface area contributed by atoms with Crippen molar-refractivity contribution in [3.05, 3.63) is 71.7 Å². The first kappa shape index (κ1) is 16.1. The van der Waals surface area contributed by atoms with Gasteiger partial charge in [0.2, 0.25) is 5.91 Å². The quantitative estimate of drug-likeness (QED) is 0.809. The van der Waals surface area contributed by atoms with Gasteiger partial charge < -0.3 is 16.4 Å². The highest BCUT2D eigenvalue weighted by Crippen LogP contribution is 2.31. The molecule has 0 bridgehead atoms. The van der Waals surface area contributed by atoms with Crippen LogP contribution in [0.5, 0.6) is 0 Å². The second kappa shape index (κ2) is 6.37. The Hall–Kier alpha value is -2.80. The lowest BCUT2D eigenvalue weighted by Crippen LogP contribution is -2.42. The number of nitrogens with two attached hydrogens (primary N) is 1. The first-order chi connectivity index (χ1) is 11.5. The Morgan fingerprint density at radius 3 is 2.50 bits per heavy atom. The van der Waals surface area contributed by atoms with Crippen LogP contribution in [0.25, 0.3) is 5.57 Å². The van der Waals surface area contributed by atoms with Crippen molar-refractivity contribution in [1.29, 1.82) is 0 Å². The lowest BCUT2D eigenvalue weighted by molar-refractivity contribution is -0.118. The third-order valence-electron chi connectivity index (χ3n) is 3.79. The standard InChI is InChI=1S/C17H14F3N3O/c18-11-6-5-9(7-13(11)20)10-8-22-16(21)15(10)17(24)23-14-4-2-1-3-12(14)19/h1-8,15-16,22H,21H2,(H,23,24). The lowest BCUT2D eigenvalue weighted by Gasteiger charge is -2.19. The van der Waals surface area contributed by atoms with Gasteiger partial charge >= 0.3 is 0 Å². The minimum absolute atomic E-state index is 0.0197. The molecule has 0 radical (unpaired) electrons. The highest BCUT2D eigenvalue weighted by molar-refractivity contribution is 6.01. The van der Waals surface area contributed by atoms with Crippen molar-refractivity contribution in [3.63, 3.8) is 0 Å². The molecule has 0 aliphatic carbocycles. The highest BCUT2D eigenvalue weighted by atomic mass is 19.2. The molecule has 1 heterocycles. The van der Waals surface area contributed by atoms with Gasteiger partial charge in [-0.2, -0.15) is 0 Å². The van der Waals surface area contributed by atoms with Gasteiger partial charge in [-0.3, -0.25) is 4.79 Å². The summed E-state index contributed by atoms with van der Waals surface area (Å²) in [4.78, 5) is 12.5. The SMILES string of the molecule is NC1NC=C(c2ccc(F)c(F)c2)C1C(=O)Nc1ccccc1F. The summed E-state index contributed by atoms with van der Waals surface area (Å²) >= 11 is 0. The summed E-state index contributed by atoms with van der Waals surface area (Å²) in [5.74, 6) is -4.02. The van der Waals surface area contributed by atoms with E-state index in [0.717, 1.165) is 12.1 Å². The van der Waals surface area contributed by atoms with Gasteiger partial charge in [-0.15, -0.1) is 0 Å². The fourth-order valence-electron chi connectivity index (χ4n) is 2.58. The molecule has 2 unspecified atom stereocenters. The van der Waals surface area contributed by atoms with Crippen LogP contribution in [0.2, 0.25) is 0 Å². The molecule has 4 N–H and O–H groups in total. The van der Waals surface area contributed by atoms with Crippen LogP contribution in [0, 0.1) is 23.4 Å². The summed E-state index contributed by atoms with van der Waals surface area (Å²) in [7, 11) is 0. The van der Waals surface area contributed by atoms with Crippen molar-refractivity contribution in [2.75, 3.05) is 5.32 Å². The van der Waals surface area contributed by atoms with E-state index in [1.807, 2.05) is 0 Å². The van der Waals surface area contributed by atoms with Crippen LogP contribution < -0.4 is 16.4 Å². The van der Waals surface area contributed by atoms with E-state index in [1.165, 1.54) is 30.5 Å². The van der Waals surface area contributed by atoms with Crippen molar-refractivity contribution in [2.45, 2.75) is 6.17 Å². The molecular weight excluding hydrogens is 319 g/mol. The Kier molecular flexibility index (Phi) is 4.26. The smallest absolute Gasteiger partial charge is 0.235 e. The van der Waals surface area contributed by atoms with E-state index in [2.05, 4.69) is 10.6 Å². The average molecular weight is 333 g/mol. The van der Waals surface area contributed by atoms with E-state index in [9.17, 15) is 18.0 Å². The Bertz CT molecular complexity index is 822. The Labute approximate surface area is 136 Å². The number of carbonyl (C=O) groups excluding carboxylic acids is 1. The normalized spacial score (nSPS) is 19.6. The number of nitrogens with one attached hydrogen (secondary N) is 2. The largest absolute Gasteiger partial charge is 0.375 e. The monoisotopic (exact) mass is 333 g/mol. The van der Waals surface area contributed by atoms with Crippen LogP contribution in [0.15, 0.2) is 48.7 Å². The number of halogens is 3. The van der Waals surface area contributed by atoms with E-state index in [4.69, 9.17) is 5.73 Å². The zero-order valence-corrected chi connectivity index (χ0v) is 12.4. The van der Waals surface area contributed by atoms with Gasteiger partial charge in [-0.1, -0.05) is 18.2 Å². The third kappa shape index (κ3) is 2.98. The van der Waals surface area contributed by atoms with Crippen LogP contribution in [0.1, 0.15) is 5.56 Å². The Balaban J connectivity index is 1.87. The molecule has 124 valence electrons. The van der Waals surface area contributed by atoms with Crippen molar-refractivity contribution < 1.29 is 18.0 Å². The summed E-state index contributed by atoms with van der Waals surface area (Å²) in [5, 5.41) is 5.24. The molecule has 0 spiro atoms. The Morgan fingerprint density at radius 2 is 1.79 bits per heavy atom. The number of rotatable bonds is 3. The molecule has 0 aromatic heterocycles. The van der Waals surface area contributed by atoms with Gasteiger partial charge in [0.15, 0.2) is 11.6 Å². The maximum Gasteiger partial charge on any atom is 0.235 e. The van der Waals surface area contributed by atoms with E-state index < -0.39 is 35.4 Å². The zero-order chi connectivity index (χ0) is 17.3. The maximum atomic E-state index is 13.7. The molecule has 2 atom stereocenters. The van der Waals surface area contributed by atoms with Crippen LogP contribution in [-0.4, -0.2) is 12.1 Å². The molecule has 0 saturated carbocycles. The summed E-state index contributed by atoms with van der Waals surface area (Å²) in [6.07, 6.45) is 0.711. The van der Waals surface area contributed by atoms with Crippen molar-refractivity contribution in [3.8, 4) is 0 Å². The van der Waals surface area contributed by atoms with Crippen LogP contribution >= 0.6 is 0 Å². The fourth-order valence-corrected chi connectivity index (χ4v) is 2.58. The van der Waals surface area contributed by atoms with E-state index in [-0.39, 0.29) is 5.69 Å².